The third kappa shape index (κ3) is 4.76. The first kappa shape index (κ1) is 14.7. The average molecular weight is 241 g/mol. The maximum Gasteiger partial charge on any atom is 0.137 e. The first-order chi connectivity index (χ1) is 7.98. The number of ketones is 1. The minimum absolute atomic E-state index is 0.206. The van der Waals surface area contributed by atoms with Gasteiger partial charge in [0.1, 0.15) is 5.78 Å². The second kappa shape index (κ2) is 6.50. The number of aliphatic hydroxyl groups is 1. The Morgan fingerprint density at radius 1 is 1.47 bits per heavy atom. The fourth-order valence-electron chi connectivity index (χ4n) is 2.70. The highest BCUT2D eigenvalue weighted by atomic mass is 16.3. The molecule has 0 saturated heterocycles. The summed E-state index contributed by atoms with van der Waals surface area (Å²) in [6, 6.07) is 0. The maximum absolute atomic E-state index is 11.9. The van der Waals surface area contributed by atoms with E-state index >= 15 is 0 Å². The molecule has 0 aromatic heterocycles. The standard InChI is InChI=1S/C14H27NO2/c1-4-15(8-5-9-16)11-12-10-14(2,3)7-6-13(12)17/h12,16H,4-11H2,1-3H3. The molecule has 3 nitrogen and oxygen atoms in total. The number of aliphatic hydroxyl groups excluding tert-OH is 1. The number of carbonyl (C=O) groups is 1. The van der Waals surface area contributed by atoms with Crippen LogP contribution in [0.4, 0.5) is 0 Å². The molecule has 1 saturated carbocycles. The summed E-state index contributed by atoms with van der Waals surface area (Å²) in [7, 11) is 0. The Hall–Kier alpha value is -0.410. The van der Waals surface area contributed by atoms with Gasteiger partial charge in [0.15, 0.2) is 0 Å². The van der Waals surface area contributed by atoms with Crippen molar-refractivity contribution in [1.29, 1.82) is 0 Å². The molecule has 1 unspecified atom stereocenters. The van der Waals surface area contributed by atoms with Crippen LogP contribution in [0.3, 0.4) is 0 Å². The molecular weight excluding hydrogens is 214 g/mol. The number of hydrogen-bond acceptors (Lipinski definition) is 3. The van der Waals surface area contributed by atoms with Crippen molar-refractivity contribution in [3.63, 3.8) is 0 Å². The molecule has 0 radical (unpaired) electrons. The maximum atomic E-state index is 11.9. The smallest absolute Gasteiger partial charge is 0.137 e. The van der Waals surface area contributed by atoms with Crippen molar-refractivity contribution < 1.29 is 9.90 Å². The van der Waals surface area contributed by atoms with E-state index in [-0.39, 0.29) is 12.5 Å². The van der Waals surface area contributed by atoms with Crippen LogP contribution in [0.5, 0.6) is 0 Å². The summed E-state index contributed by atoms with van der Waals surface area (Å²) in [6.07, 6.45) is 3.60. The van der Waals surface area contributed by atoms with E-state index < -0.39 is 0 Å². The Labute approximate surface area is 105 Å². The van der Waals surface area contributed by atoms with Gasteiger partial charge in [-0.25, -0.2) is 0 Å². The second-order valence-electron chi connectivity index (χ2n) is 6.00. The van der Waals surface area contributed by atoms with Gasteiger partial charge < -0.3 is 10.0 Å². The van der Waals surface area contributed by atoms with Gasteiger partial charge in [-0.3, -0.25) is 4.79 Å². The van der Waals surface area contributed by atoms with E-state index in [1.54, 1.807) is 0 Å². The van der Waals surface area contributed by atoms with Gasteiger partial charge in [-0.15, -0.1) is 0 Å². The molecule has 1 aliphatic rings. The topological polar surface area (TPSA) is 40.5 Å². The molecule has 0 bridgehead atoms. The molecule has 1 atom stereocenters. The third-order valence-corrected chi connectivity index (χ3v) is 3.86. The summed E-state index contributed by atoms with van der Waals surface area (Å²) < 4.78 is 0. The average Bonchev–Trinajstić information content (AvgIpc) is 2.28. The molecular formula is C14H27NO2. The van der Waals surface area contributed by atoms with Crippen LogP contribution in [0.25, 0.3) is 0 Å². The molecule has 0 heterocycles. The molecule has 100 valence electrons. The Balaban J connectivity index is 2.49. The van der Waals surface area contributed by atoms with Gasteiger partial charge >= 0.3 is 0 Å². The largest absolute Gasteiger partial charge is 0.396 e. The molecule has 0 aromatic rings. The third-order valence-electron chi connectivity index (χ3n) is 3.86. The van der Waals surface area contributed by atoms with Crippen LogP contribution in [0.15, 0.2) is 0 Å². The Morgan fingerprint density at radius 3 is 2.76 bits per heavy atom. The Bertz CT molecular complexity index is 251. The first-order valence-electron chi connectivity index (χ1n) is 6.84. The van der Waals surface area contributed by atoms with Gasteiger partial charge in [0.25, 0.3) is 0 Å². The van der Waals surface area contributed by atoms with Crippen LogP contribution in [0, 0.1) is 11.3 Å². The van der Waals surface area contributed by atoms with E-state index in [9.17, 15) is 4.79 Å². The van der Waals surface area contributed by atoms with Gasteiger partial charge in [-0.1, -0.05) is 20.8 Å². The van der Waals surface area contributed by atoms with E-state index in [1.807, 2.05) is 0 Å². The van der Waals surface area contributed by atoms with Crippen molar-refractivity contribution in [3.8, 4) is 0 Å². The van der Waals surface area contributed by atoms with Crippen molar-refractivity contribution in [3.05, 3.63) is 0 Å². The van der Waals surface area contributed by atoms with Crippen molar-refractivity contribution in [2.24, 2.45) is 11.3 Å². The highest BCUT2D eigenvalue weighted by Gasteiger charge is 2.34. The van der Waals surface area contributed by atoms with E-state index in [0.29, 0.717) is 11.2 Å². The number of Topliss-reactive ketones (excluding diaryl/α,β-unsaturated/α-hetero) is 1. The summed E-state index contributed by atoms with van der Waals surface area (Å²) >= 11 is 0. The molecule has 17 heavy (non-hydrogen) atoms. The monoisotopic (exact) mass is 241 g/mol. The normalized spacial score (nSPS) is 24.3. The van der Waals surface area contributed by atoms with Crippen molar-refractivity contribution in [2.75, 3.05) is 26.2 Å². The molecule has 0 spiro atoms. The summed E-state index contributed by atoms with van der Waals surface area (Å²) in [5.74, 6) is 0.643. The van der Waals surface area contributed by atoms with Crippen molar-refractivity contribution in [1.82, 2.24) is 4.90 Å². The molecule has 0 aliphatic heterocycles. The van der Waals surface area contributed by atoms with Gasteiger partial charge in [-0.2, -0.15) is 0 Å². The second-order valence-corrected chi connectivity index (χ2v) is 6.00. The van der Waals surface area contributed by atoms with Crippen molar-refractivity contribution >= 4 is 5.78 Å². The summed E-state index contributed by atoms with van der Waals surface area (Å²) in [5, 5.41) is 8.86. The number of hydrogen-bond donors (Lipinski definition) is 1. The van der Waals surface area contributed by atoms with Crippen molar-refractivity contribution in [2.45, 2.75) is 46.5 Å². The van der Waals surface area contributed by atoms with Crippen LogP contribution in [0.1, 0.15) is 46.5 Å². The highest BCUT2D eigenvalue weighted by Crippen LogP contribution is 2.37. The lowest BCUT2D eigenvalue weighted by Crippen LogP contribution is -2.39. The lowest BCUT2D eigenvalue weighted by Gasteiger charge is -2.36. The fraction of sp³-hybridized carbons (Fsp3) is 0.929. The van der Waals surface area contributed by atoms with Gasteiger partial charge in [0, 0.05) is 32.0 Å². The molecule has 0 amide bonds. The molecule has 3 heteroatoms. The van der Waals surface area contributed by atoms with Crippen LogP contribution in [0.2, 0.25) is 0 Å². The Morgan fingerprint density at radius 2 is 2.18 bits per heavy atom. The molecule has 1 aliphatic carbocycles. The number of rotatable bonds is 6. The lowest BCUT2D eigenvalue weighted by atomic mass is 9.71. The van der Waals surface area contributed by atoms with Gasteiger partial charge in [0.05, 0.1) is 0 Å². The summed E-state index contributed by atoms with van der Waals surface area (Å²) in [6.45, 7) is 9.61. The van der Waals surface area contributed by atoms with Crippen LogP contribution in [-0.2, 0) is 4.79 Å². The zero-order valence-corrected chi connectivity index (χ0v) is 11.5. The van der Waals surface area contributed by atoms with E-state index in [4.69, 9.17) is 5.11 Å². The van der Waals surface area contributed by atoms with E-state index in [1.165, 1.54) is 0 Å². The quantitative estimate of drug-likeness (QED) is 0.774. The number of carbonyl (C=O) groups excluding carboxylic acids is 1. The fourth-order valence-corrected chi connectivity index (χ4v) is 2.70. The minimum Gasteiger partial charge on any atom is -0.396 e. The zero-order chi connectivity index (χ0) is 12.9. The highest BCUT2D eigenvalue weighted by molar-refractivity contribution is 5.82. The summed E-state index contributed by atoms with van der Waals surface area (Å²) in [5.41, 5.74) is 0.314. The number of nitrogens with zero attached hydrogens (tertiary/aromatic N) is 1. The van der Waals surface area contributed by atoms with Crippen LogP contribution >= 0.6 is 0 Å². The van der Waals surface area contributed by atoms with Crippen LogP contribution in [-0.4, -0.2) is 42.0 Å². The molecule has 1 fully saturated rings. The minimum atomic E-state index is 0.206. The predicted octanol–water partition coefficient (Wildman–Crippen LogP) is 2.09. The van der Waals surface area contributed by atoms with Gasteiger partial charge in [0.2, 0.25) is 0 Å². The van der Waals surface area contributed by atoms with E-state index in [2.05, 4.69) is 25.7 Å². The zero-order valence-electron chi connectivity index (χ0n) is 11.5. The molecule has 0 aromatic carbocycles. The predicted molar refractivity (Wildman–Crippen MR) is 69.9 cm³/mol. The molecule has 1 rings (SSSR count). The van der Waals surface area contributed by atoms with Crippen LogP contribution < -0.4 is 0 Å². The first-order valence-corrected chi connectivity index (χ1v) is 6.84. The Kier molecular flexibility index (Phi) is 5.60. The van der Waals surface area contributed by atoms with Gasteiger partial charge in [-0.05, 0) is 31.2 Å². The van der Waals surface area contributed by atoms with E-state index in [0.717, 1.165) is 45.3 Å². The summed E-state index contributed by atoms with van der Waals surface area (Å²) in [4.78, 5) is 14.2. The SMILES string of the molecule is CCN(CCCO)CC1CC(C)(C)CCC1=O. The lowest BCUT2D eigenvalue weighted by molar-refractivity contribution is -0.127. The molecule has 1 N–H and O–H groups in total.